The molecule has 5 heteroatoms. The van der Waals surface area contributed by atoms with Crippen LogP contribution in [-0.2, 0) is 0 Å². The average Bonchev–Trinajstić information content (AvgIpc) is 2.39. The molecule has 0 saturated heterocycles. The zero-order chi connectivity index (χ0) is 15.6. The molecular weight excluding hydrogens is 288 g/mol. The minimum atomic E-state index is -0.414. The van der Waals surface area contributed by atoms with E-state index < -0.39 is 5.56 Å². The Bertz CT molecular complexity index is 773. The van der Waals surface area contributed by atoms with Crippen molar-refractivity contribution in [3.8, 4) is 22.9 Å². The highest BCUT2D eigenvalue weighted by Crippen LogP contribution is 2.34. The number of nitriles is 1. The third-order valence-corrected chi connectivity index (χ3v) is 3.11. The highest BCUT2D eigenvalue weighted by Gasteiger charge is 2.15. The van der Waals surface area contributed by atoms with Crippen LogP contribution in [-0.4, -0.2) is 11.1 Å². The summed E-state index contributed by atoms with van der Waals surface area (Å²) in [5, 5.41) is 9.77. The Morgan fingerprint density at radius 1 is 1.29 bits per heavy atom. The first-order valence-electron chi connectivity index (χ1n) is 6.53. The van der Waals surface area contributed by atoms with Crippen molar-refractivity contribution < 1.29 is 4.74 Å². The fourth-order valence-electron chi connectivity index (χ4n) is 2.08. The summed E-state index contributed by atoms with van der Waals surface area (Å²) in [5.41, 5.74) is 1.47. The Labute approximate surface area is 128 Å². The van der Waals surface area contributed by atoms with Gasteiger partial charge in [-0.3, -0.25) is 4.79 Å². The number of nitrogens with zero attached hydrogens (tertiary/aromatic N) is 1. The Balaban J connectivity index is 2.75. The first-order valence-corrected chi connectivity index (χ1v) is 6.90. The predicted molar refractivity (Wildman–Crippen MR) is 82.7 cm³/mol. The number of hydrogen-bond acceptors (Lipinski definition) is 3. The maximum absolute atomic E-state index is 11.9. The van der Waals surface area contributed by atoms with Crippen molar-refractivity contribution in [3.05, 3.63) is 50.9 Å². The third kappa shape index (κ3) is 3.26. The maximum Gasteiger partial charge on any atom is 0.266 e. The van der Waals surface area contributed by atoms with Crippen LogP contribution in [0.5, 0.6) is 5.75 Å². The Hall–Kier alpha value is -2.25. The fraction of sp³-hybridized carbons (Fsp3) is 0.250. The van der Waals surface area contributed by atoms with Gasteiger partial charge in [0.1, 0.15) is 17.4 Å². The van der Waals surface area contributed by atoms with E-state index >= 15 is 0 Å². The number of halogens is 1. The van der Waals surface area contributed by atoms with Crippen LogP contribution in [0.25, 0.3) is 11.1 Å². The molecule has 0 spiro atoms. The molecule has 108 valence electrons. The molecule has 0 bridgehead atoms. The normalized spacial score (nSPS) is 10.5. The number of H-pyrrole nitrogens is 1. The molecule has 2 aromatic rings. The summed E-state index contributed by atoms with van der Waals surface area (Å²) in [5.74, 6) is 0.593. The van der Waals surface area contributed by atoms with Crippen LogP contribution in [0.2, 0.25) is 5.02 Å². The van der Waals surface area contributed by atoms with Crippen LogP contribution in [0.15, 0.2) is 29.1 Å². The van der Waals surface area contributed by atoms with Crippen molar-refractivity contribution >= 4 is 11.6 Å². The lowest BCUT2D eigenvalue weighted by atomic mass is 10.00. The number of hydrogen-bond donors (Lipinski definition) is 1. The molecule has 0 aliphatic rings. The van der Waals surface area contributed by atoms with Crippen LogP contribution in [0.4, 0.5) is 0 Å². The largest absolute Gasteiger partial charge is 0.490 e. The molecule has 0 unspecified atom stereocenters. The van der Waals surface area contributed by atoms with Gasteiger partial charge in [-0.1, -0.05) is 11.6 Å². The summed E-state index contributed by atoms with van der Waals surface area (Å²) < 4.78 is 5.75. The third-order valence-electron chi connectivity index (χ3n) is 2.87. The standard InChI is InChI=1S/C16H15ClN2O2/c1-9(2)21-15-5-4-11(17)7-13(15)12-6-10(3)19-16(20)14(12)8-18/h4-7,9H,1-3H3,(H,19,20). The van der Waals surface area contributed by atoms with Crippen molar-refractivity contribution in [3.63, 3.8) is 0 Å². The van der Waals surface area contributed by atoms with E-state index in [0.29, 0.717) is 27.6 Å². The number of benzene rings is 1. The van der Waals surface area contributed by atoms with Gasteiger partial charge in [0.15, 0.2) is 0 Å². The molecule has 1 aromatic heterocycles. The van der Waals surface area contributed by atoms with Crippen molar-refractivity contribution in [1.82, 2.24) is 4.98 Å². The summed E-state index contributed by atoms with van der Waals surface area (Å²) in [4.78, 5) is 14.6. The lowest BCUT2D eigenvalue weighted by Crippen LogP contribution is -2.13. The monoisotopic (exact) mass is 302 g/mol. The molecule has 0 radical (unpaired) electrons. The van der Waals surface area contributed by atoms with E-state index in [-0.39, 0.29) is 11.7 Å². The molecule has 1 heterocycles. The first kappa shape index (κ1) is 15.1. The van der Waals surface area contributed by atoms with Crippen molar-refractivity contribution in [2.45, 2.75) is 26.9 Å². The zero-order valence-electron chi connectivity index (χ0n) is 12.0. The molecule has 0 fully saturated rings. The van der Waals surface area contributed by atoms with Crippen LogP contribution in [0, 0.1) is 18.3 Å². The topological polar surface area (TPSA) is 65.9 Å². The smallest absolute Gasteiger partial charge is 0.266 e. The van der Waals surface area contributed by atoms with Gasteiger partial charge in [-0.25, -0.2) is 0 Å². The van der Waals surface area contributed by atoms with Gasteiger partial charge in [0.25, 0.3) is 5.56 Å². The van der Waals surface area contributed by atoms with E-state index in [2.05, 4.69) is 4.98 Å². The molecule has 1 aromatic carbocycles. The van der Waals surface area contributed by atoms with Crippen molar-refractivity contribution in [2.24, 2.45) is 0 Å². The van der Waals surface area contributed by atoms with E-state index in [1.165, 1.54) is 0 Å². The summed E-state index contributed by atoms with van der Waals surface area (Å²) in [7, 11) is 0. The zero-order valence-corrected chi connectivity index (χ0v) is 12.8. The van der Waals surface area contributed by atoms with Crippen LogP contribution >= 0.6 is 11.6 Å². The Kier molecular flexibility index (Phi) is 4.35. The number of aromatic nitrogens is 1. The van der Waals surface area contributed by atoms with Crippen molar-refractivity contribution in [2.75, 3.05) is 0 Å². The number of rotatable bonds is 3. The Morgan fingerprint density at radius 2 is 2.00 bits per heavy atom. The summed E-state index contributed by atoms with van der Waals surface area (Å²) in [6.07, 6.45) is -0.0291. The van der Waals surface area contributed by atoms with Gasteiger partial charge < -0.3 is 9.72 Å². The summed E-state index contributed by atoms with van der Waals surface area (Å²) in [6.45, 7) is 5.58. The van der Waals surface area contributed by atoms with Gasteiger partial charge in [-0.15, -0.1) is 0 Å². The van der Waals surface area contributed by atoms with Gasteiger partial charge in [0.05, 0.1) is 6.10 Å². The molecule has 0 atom stereocenters. The molecule has 2 rings (SSSR count). The highest BCUT2D eigenvalue weighted by atomic mass is 35.5. The van der Waals surface area contributed by atoms with E-state index in [1.807, 2.05) is 19.9 Å². The lowest BCUT2D eigenvalue weighted by molar-refractivity contribution is 0.243. The van der Waals surface area contributed by atoms with Gasteiger partial charge in [-0.2, -0.15) is 5.26 Å². The second-order valence-electron chi connectivity index (χ2n) is 4.99. The van der Waals surface area contributed by atoms with Gasteiger partial charge in [-0.05, 0) is 45.0 Å². The van der Waals surface area contributed by atoms with Crippen molar-refractivity contribution in [1.29, 1.82) is 5.26 Å². The quantitative estimate of drug-likeness (QED) is 0.941. The second-order valence-corrected chi connectivity index (χ2v) is 5.43. The maximum atomic E-state index is 11.9. The van der Waals surface area contributed by atoms with E-state index in [0.717, 1.165) is 0 Å². The van der Waals surface area contributed by atoms with Crippen LogP contribution < -0.4 is 10.3 Å². The minimum absolute atomic E-state index is 0.0291. The molecule has 0 aliphatic heterocycles. The number of pyridine rings is 1. The molecule has 4 nitrogen and oxygen atoms in total. The molecular formula is C16H15ClN2O2. The summed E-state index contributed by atoms with van der Waals surface area (Å²) in [6, 6.07) is 8.86. The number of aryl methyl sites for hydroxylation is 1. The van der Waals surface area contributed by atoms with Crippen LogP contribution in [0.3, 0.4) is 0 Å². The molecule has 21 heavy (non-hydrogen) atoms. The van der Waals surface area contributed by atoms with E-state index in [9.17, 15) is 10.1 Å². The first-order chi connectivity index (χ1) is 9.92. The van der Waals surface area contributed by atoms with E-state index in [1.54, 1.807) is 31.2 Å². The summed E-state index contributed by atoms with van der Waals surface area (Å²) >= 11 is 6.05. The average molecular weight is 303 g/mol. The minimum Gasteiger partial charge on any atom is -0.490 e. The van der Waals surface area contributed by atoms with Gasteiger partial charge in [0, 0.05) is 21.8 Å². The molecule has 1 N–H and O–H groups in total. The fourth-order valence-corrected chi connectivity index (χ4v) is 2.25. The highest BCUT2D eigenvalue weighted by molar-refractivity contribution is 6.31. The lowest BCUT2D eigenvalue weighted by Gasteiger charge is -2.15. The van der Waals surface area contributed by atoms with Gasteiger partial charge in [0.2, 0.25) is 0 Å². The van der Waals surface area contributed by atoms with E-state index in [4.69, 9.17) is 16.3 Å². The second kappa shape index (κ2) is 6.02. The van der Waals surface area contributed by atoms with Gasteiger partial charge >= 0.3 is 0 Å². The molecule has 0 saturated carbocycles. The number of nitrogens with one attached hydrogen (secondary N) is 1. The van der Waals surface area contributed by atoms with Crippen LogP contribution in [0.1, 0.15) is 25.1 Å². The number of ether oxygens (including phenoxy) is 1. The SMILES string of the molecule is Cc1cc(-c2cc(Cl)ccc2OC(C)C)c(C#N)c(=O)[nH]1. The molecule has 0 amide bonds. The number of aromatic amines is 1. The Morgan fingerprint density at radius 3 is 2.62 bits per heavy atom. The predicted octanol–water partition coefficient (Wildman–Crippen LogP) is 3.66. The molecule has 0 aliphatic carbocycles.